The summed E-state index contributed by atoms with van der Waals surface area (Å²) < 4.78 is 18.5. The minimum atomic E-state index is -1.23. The predicted molar refractivity (Wildman–Crippen MR) is 106 cm³/mol. The van der Waals surface area contributed by atoms with Gasteiger partial charge in [0.25, 0.3) is 0 Å². The lowest BCUT2D eigenvalue weighted by Crippen LogP contribution is -2.46. The molecule has 0 N–H and O–H groups in total. The highest BCUT2D eigenvalue weighted by molar-refractivity contribution is 6.48. The van der Waals surface area contributed by atoms with Crippen LogP contribution >= 0.6 is 0 Å². The van der Waals surface area contributed by atoms with E-state index in [1.165, 1.54) is 5.56 Å². The molecule has 2 aliphatic rings. The fourth-order valence-electron chi connectivity index (χ4n) is 3.74. The molecular formula is C21H17BFN3. The Balaban J connectivity index is 1.66. The molecule has 5 heteroatoms. The number of benzene rings is 1. The summed E-state index contributed by atoms with van der Waals surface area (Å²) in [4.78, 5) is 4.46. The van der Waals surface area contributed by atoms with E-state index in [0.717, 1.165) is 38.8 Å². The van der Waals surface area contributed by atoms with Crippen molar-refractivity contribution in [3.8, 4) is 0 Å². The normalized spacial score (nSPS) is 16.7. The van der Waals surface area contributed by atoms with Crippen molar-refractivity contribution < 1.29 is 4.32 Å². The van der Waals surface area contributed by atoms with E-state index in [-0.39, 0.29) is 0 Å². The highest BCUT2D eigenvalue weighted by atomic mass is 19.1. The molecule has 3 aromatic rings. The van der Waals surface area contributed by atoms with Crippen molar-refractivity contribution in [2.45, 2.75) is 13.8 Å². The Morgan fingerprint density at radius 1 is 1.12 bits per heavy atom. The van der Waals surface area contributed by atoms with Gasteiger partial charge in [-0.25, -0.2) is 0 Å². The topological polar surface area (TPSA) is 22.2 Å². The van der Waals surface area contributed by atoms with Crippen LogP contribution in [0.15, 0.2) is 53.7 Å². The largest absolute Gasteiger partial charge is 0.596 e. The third-order valence-corrected chi connectivity index (χ3v) is 5.08. The Morgan fingerprint density at radius 2 is 2.00 bits per heavy atom. The number of aryl methyl sites for hydroxylation is 2. The Bertz CT molecular complexity index is 1230. The predicted octanol–water partition coefficient (Wildman–Crippen LogP) is 2.98. The van der Waals surface area contributed by atoms with Crippen LogP contribution in [0.3, 0.4) is 0 Å². The minimum absolute atomic E-state index is 0.850. The average Bonchev–Trinajstić information content (AvgIpc) is 3.32. The first-order valence-corrected chi connectivity index (χ1v) is 8.69. The SMILES string of the molecule is Cc1ccc2c(c1)/C(=C/C=c1\cc(C)c3n1B(F)n1cccc1C=3)C=N2. The number of rotatable bonds is 1. The summed E-state index contributed by atoms with van der Waals surface area (Å²) in [6.07, 6.45) is 9.68. The van der Waals surface area contributed by atoms with E-state index in [0.29, 0.717) is 0 Å². The van der Waals surface area contributed by atoms with Gasteiger partial charge in [-0.3, -0.25) is 9.31 Å². The summed E-state index contributed by atoms with van der Waals surface area (Å²) in [7, 11) is -1.23. The van der Waals surface area contributed by atoms with Gasteiger partial charge in [-0.2, -0.15) is 0 Å². The molecule has 1 aromatic carbocycles. The average molecular weight is 341 g/mol. The molecule has 0 unspecified atom stereocenters. The van der Waals surface area contributed by atoms with E-state index < -0.39 is 7.26 Å². The van der Waals surface area contributed by atoms with Crippen molar-refractivity contribution in [1.82, 2.24) is 8.96 Å². The second-order valence-corrected chi connectivity index (χ2v) is 6.87. The van der Waals surface area contributed by atoms with E-state index >= 15 is 4.32 Å². The van der Waals surface area contributed by atoms with Gasteiger partial charge in [0.15, 0.2) is 0 Å². The first-order chi connectivity index (χ1) is 12.6. The molecule has 2 aliphatic heterocycles. The molecule has 0 radical (unpaired) electrons. The van der Waals surface area contributed by atoms with Gasteiger partial charge in [-0.1, -0.05) is 17.7 Å². The molecule has 0 atom stereocenters. The monoisotopic (exact) mass is 341 g/mol. The minimum Gasteiger partial charge on any atom is -0.342 e. The fourth-order valence-corrected chi connectivity index (χ4v) is 3.74. The van der Waals surface area contributed by atoms with Gasteiger partial charge in [0.2, 0.25) is 0 Å². The quantitative estimate of drug-likeness (QED) is 0.608. The summed E-state index contributed by atoms with van der Waals surface area (Å²) in [6, 6.07) is 12.1. The standard InChI is InChI=1S/C21H17BFN3/c1-14-5-8-20-19(10-14)16(13-24-20)6-7-18-11-15(2)21-12-17-4-3-9-25(17)22(23)26(18)21/h3-13H,1-2H3/b16-6+,18-7+. The van der Waals surface area contributed by atoms with Crippen LogP contribution in [0.2, 0.25) is 0 Å². The second-order valence-electron chi connectivity index (χ2n) is 6.87. The Kier molecular flexibility index (Phi) is 3.19. The molecule has 4 heterocycles. The van der Waals surface area contributed by atoms with E-state index in [2.05, 4.69) is 24.0 Å². The molecule has 0 saturated carbocycles. The number of fused-ring (bicyclic) bond motifs is 3. The van der Waals surface area contributed by atoms with Crippen LogP contribution in [0.4, 0.5) is 10.0 Å². The molecular weight excluding hydrogens is 324 g/mol. The second kappa shape index (κ2) is 5.46. The molecule has 0 saturated heterocycles. The van der Waals surface area contributed by atoms with Gasteiger partial charge in [-0.15, -0.1) is 0 Å². The molecule has 0 bridgehead atoms. The highest BCUT2D eigenvalue weighted by Crippen LogP contribution is 2.31. The molecule has 0 aliphatic carbocycles. The van der Waals surface area contributed by atoms with Gasteiger partial charge >= 0.3 is 7.26 Å². The van der Waals surface area contributed by atoms with Crippen LogP contribution in [0.1, 0.15) is 22.4 Å². The Labute approximate surface area is 151 Å². The number of aliphatic imine (C=N–C) groups is 1. The maximum absolute atomic E-state index is 15.1. The zero-order chi connectivity index (χ0) is 17.8. The first kappa shape index (κ1) is 15.2. The molecule has 0 fully saturated rings. The van der Waals surface area contributed by atoms with Crippen LogP contribution < -0.4 is 10.7 Å². The molecule has 126 valence electrons. The van der Waals surface area contributed by atoms with Crippen LogP contribution in [0.25, 0.3) is 17.7 Å². The van der Waals surface area contributed by atoms with E-state index in [9.17, 15) is 0 Å². The molecule has 5 rings (SSSR count). The smallest absolute Gasteiger partial charge is 0.342 e. The van der Waals surface area contributed by atoms with E-state index in [1.54, 1.807) is 15.2 Å². The Morgan fingerprint density at radius 3 is 2.88 bits per heavy atom. The molecule has 0 amide bonds. The fraction of sp³-hybridized carbons (Fsp3) is 0.0952. The summed E-state index contributed by atoms with van der Waals surface area (Å²) in [5, 5.41) is 1.77. The lowest BCUT2D eigenvalue weighted by molar-refractivity contribution is 0.729. The lowest BCUT2D eigenvalue weighted by Gasteiger charge is -2.16. The highest BCUT2D eigenvalue weighted by Gasteiger charge is 2.27. The van der Waals surface area contributed by atoms with Crippen molar-refractivity contribution in [2.75, 3.05) is 0 Å². The molecule has 2 aromatic heterocycles. The van der Waals surface area contributed by atoms with Gasteiger partial charge in [0.1, 0.15) is 0 Å². The lowest BCUT2D eigenvalue weighted by atomic mass is 10.0. The summed E-state index contributed by atoms with van der Waals surface area (Å²) in [5.41, 5.74) is 6.32. The van der Waals surface area contributed by atoms with Gasteiger partial charge in [-0.05, 0) is 68.1 Å². The molecule has 26 heavy (non-hydrogen) atoms. The van der Waals surface area contributed by atoms with Crippen LogP contribution in [-0.4, -0.2) is 22.4 Å². The third kappa shape index (κ3) is 2.17. The summed E-state index contributed by atoms with van der Waals surface area (Å²) in [5.74, 6) is 0. The van der Waals surface area contributed by atoms with Gasteiger partial charge in [0.05, 0.1) is 5.69 Å². The maximum atomic E-state index is 15.1. The van der Waals surface area contributed by atoms with Crippen LogP contribution in [-0.2, 0) is 0 Å². The zero-order valence-electron chi connectivity index (χ0n) is 14.6. The van der Waals surface area contributed by atoms with Crippen LogP contribution in [0, 0.1) is 13.8 Å². The van der Waals surface area contributed by atoms with E-state index in [1.807, 2.05) is 55.6 Å². The number of hydrogen-bond acceptors (Lipinski definition) is 1. The summed E-state index contributed by atoms with van der Waals surface area (Å²) in [6.45, 7) is 4.10. The third-order valence-electron chi connectivity index (χ3n) is 5.08. The van der Waals surface area contributed by atoms with Gasteiger partial charge < -0.3 is 8.96 Å². The molecule has 3 nitrogen and oxygen atoms in total. The number of allylic oxidation sites excluding steroid dienone is 2. The number of aromatic nitrogens is 2. The van der Waals surface area contributed by atoms with Crippen molar-refractivity contribution >= 4 is 36.9 Å². The summed E-state index contributed by atoms with van der Waals surface area (Å²) >= 11 is 0. The van der Waals surface area contributed by atoms with E-state index in [4.69, 9.17) is 0 Å². The number of nitrogens with zero attached hydrogens (tertiary/aromatic N) is 3. The van der Waals surface area contributed by atoms with Gasteiger partial charge in [0, 0.05) is 33.7 Å². The Hall–Kier alpha value is -3.08. The van der Waals surface area contributed by atoms with Crippen LogP contribution in [0.5, 0.6) is 0 Å². The zero-order valence-corrected chi connectivity index (χ0v) is 14.6. The first-order valence-electron chi connectivity index (χ1n) is 8.69. The van der Waals surface area contributed by atoms with Crippen molar-refractivity contribution in [2.24, 2.45) is 4.99 Å². The molecule has 0 spiro atoms. The van der Waals surface area contributed by atoms with Crippen molar-refractivity contribution in [1.29, 1.82) is 0 Å². The number of halogens is 1. The van der Waals surface area contributed by atoms with Crippen molar-refractivity contribution in [3.63, 3.8) is 0 Å². The number of hydrogen-bond donors (Lipinski definition) is 0. The maximum Gasteiger partial charge on any atom is 0.596 e. The van der Waals surface area contributed by atoms with Crippen molar-refractivity contribution in [3.05, 3.63) is 81.8 Å².